The standard InChI is InChI=1S/C15H12ClN3O.C4H4O4/c16-12-3-4-14-11(5-6-17-15(14)8-12)9-18-19-7-1-2-13(19)10-20;5-3(6)1-2-4(7)8/h1-8,10,18H,9H2;1-2H,(H,5,6)(H,7,8). The van der Waals surface area contributed by atoms with Gasteiger partial charge in [0.2, 0.25) is 0 Å². The summed E-state index contributed by atoms with van der Waals surface area (Å²) in [5.74, 6) is -2.51. The Bertz CT molecular complexity index is 1010. The number of halogens is 1. The number of carbonyl (C=O) groups excluding carboxylic acids is 1. The quantitative estimate of drug-likeness (QED) is 0.428. The smallest absolute Gasteiger partial charge is 0.328 e. The minimum atomic E-state index is -1.26. The van der Waals surface area contributed by atoms with E-state index in [1.807, 2.05) is 36.5 Å². The molecule has 0 fully saturated rings. The fourth-order valence-electron chi connectivity index (χ4n) is 2.28. The van der Waals surface area contributed by atoms with Gasteiger partial charge in [0.25, 0.3) is 0 Å². The molecule has 0 unspecified atom stereocenters. The molecule has 0 bridgehead atoms. The van der Waals surface area contributed by atoms with Gasteiger partial charge in [-0.2, -0.15) is 0 Å². The topological polar surface area (TPSA) is 122 Å². The predicted octanol–water partition coefficient (Wildman–Crippen LogP) is 2.96. The molecule has 0 aliphatic heterocycles. The van der Waals surface area contributed by atoms with Crippen LogP contribution >= 0.6 is 11.6 Å². The van der Waals surface area contributed by atoms with Crippen molar-refractivity contribution in [1.82, 2.24) is 9.66 Å². The Morgan fingerprint density at radius 3 is 2.50 bits per heavy atom. The number of benzene rings is 1. The first kappa shape index (κ1) is 20.7. The Labute approximate surface area is 164 Å². The van der Waals surface area contributed by atoms with Gasteiger partial charge in [-0.15, -0.1) is 0 Å². The van der Waals surface area contributed by atoms with Crippen molar-refractivity contribution < 1.29 is 24.6 Å². The van der Waals surface area contributed by atoms with E-state index in [1.165, 1.54) is 0 Å². The molecule has 3 rings (SSSR count). The highest BCUT2D eigenvalue weighted by Gasteiger charge is 2.04. The lowest BCUT2D eigenvalue weighted by atomic mass is 10.1. The second-order valence-corrected chi connectivity index (χ2v) is 5.83. The third kappa shape index (κ3) is 5.96. The maximum atomic E-state index is 10.9. The Hall–Kier alpha value is -3.65. The van der Waals surface area contributed by atoms with Crippen molar-refractivity contribution in [2.24, 2.45) is 0 Å². The fourth-order valence-corrected chi connectivity index (χ4v) is 2.45. The molecular formula is C19H16ClN3O5. The zero-order valence-corrected chi connectivity index (χ0v) is 15.2. The van der Waals surface area contributed by atoms with Gasteiger partial charge < -0.3 is 15.6 Å². The molecule has 0 radical (unpaired) electrons. The normalized spacial score (nSPS) is 10.3. The summed E-state index contributed by atoms with van der Waals surface area (Å²) in [6, 6.07) is 11.2. The summed E-state index contributed by atoms with van der Waals surface area (Å²) >= 11 is 5.97. The molecule has 2 heterocycles. The van der Waals surface area contributed by atoms with E-state index in [2.05, 4.69) is 10.4 Å². The number of nitrogens with one attached hydrogen (secondary N) is 1. The molecule has 0 spiro atoms. The van der Waals surface area contributed by atoms with E-state index in [1.54, 1.807) is 16.9 Å². The van der Waals surface area contributed by atoms with Crippen LogP contribution in [0.25, 0.3) is 10.9 Å². The summed E-state index contributed by atoms with van der Waals surface area (Å²) in [6.07, 6.45) is 5.50. The zero-order valence-electron chi connectivity index (χ0n) is 14.4. The molecular weight excluding hydrogens is 386 g/mol. The number of pyridine rings is 1. The van der Waals surface area contributed by atoms with E-state index >= 15 is 0 Å². The monoisotopic (exact) mass is 401 g/mol. The van der Waals surface area contributed by atoms with E-state index in [0.717, 1.165) is 22.8 Å². The van der Waals surface area contributed by atoms with Gasteiger partial charge in [0.15, 0.2) is 6.29 Å². The average molecular weight is 402 g/mol. The van der Waals surface area contributed by atoms with E-state index in [9.17, 15) is 14.4 Å². The Kier molecular flexibility index (Phi) is 7.29. The van der Waals surface area contributed by atoms with Crippen molar-refractivity contribution >= 4 is 40.7 Å². The number of carboxylic acids is 2. The number of carboxylic acid groups (broad SMARTS) is 2. The van der Waals surface area contributed by atoms with Crippen LogP contribution in [0.4, 0.5) is 0 Å². The highest BCUT2D eigenvalue weighted by atomic mass is 35.5. The highest BCUT2D eigenvalue weighted by molar-refractivity contribution is 6.31. The van der Waals surface area contributed by atoms with Gasteiger partial charge in [0.05, 0.1) is 12.1 Å². The van der Waals surface area contributed by atoms with E-state index in [-0.39, 0.29) is 0 Å². The summed E-state index contributed by atoms with van der Waals surface area (Å²) in [7, 11) is 0. The van der Waals surface area contributed by atoms with Crippen molar-refractivity contribution in [3.05, 3.63) is 77.2 Å². The molecule has 0 saturated carbocycles. The fraction of sp³-hybridized carbons (Fsp3) is 0.0526. The molecule has 0 atom stereocenters. The minimum Gasteiger partial charge on any atom is -0.478 e. The summed E-state index contributed by atoms with van der Waals surface area (Å²) in [4.78, 5) is 34.3. The molecule has 144 valence electrons. The maximum absolute atomic E-state index is 10.9. The van der Waals surface area contributed by atoms with Crippen molar-refractivity contribution in [2.75, 3.05) is 5.43 Å². The van der Waals surface area contributed by atoms with Crippen LogP contribution in [0.1, 0.15) is 16.1 Å². The molecule has 3 N–H and O–H groups in total. The number of rotatable bonds is 6. The molecule has 8 nitrogen and oxygen atoms in total. The average Bonchev–Trinajstić information content (AvgIpc) is 3.12. The third-order valence-corrected chi connectivity index (χ3v) is 3.74. The van der Waals surface area contributed by atoms with Crippen LogP contribution in [-0.2, 0) is 16.1 Å². The molecule has 1 aromatic carbocycles. The summed E-state index contributed by atoms with van der Waals surface area (Å²) < 4.78 is 1.70. The number of hydrogen-bond donors (Lipinski definition) is 3. The first-order chi connectivity index (χ1) is 13.4. The van der Waals surface area contributed by atoms with Crippen molar-refractivity contribution in [2.45, 2.75) is 6.54 Å². The van der Waals surface area contributed by atoms with Gasteiger partial charge in [0, 0.05) is 35.0 Å². The summed E-state index contributed by atoms with van der Waals surface area (Å²) in [6.45, 7) is 0.593. The van der Waals surface area contributed by atoms with Crippen molar-refractivity contribution in [3.8, 4) is 0 Å². The number of aldehydes is 1. The van der Waals surface area contributed by atoms with Crippen molar-refractivity contribution in [1.29, 1.82) is 0 Å². The lowest BCUT2D eigenvalue weighted by molar-refractivity contribution is -0.134. The molecule has 9 heteroatoms. The number of hydrogen-bond acceptors (Lipinski definition) is 5. The SMILES string of the molecule is O=C(O)C=CC(=O)O.O=Cc1cccn1NCc1ccnc2cc(Cl)ccc12. The molecule has 2 aromatic heterocycles. The third-order valence-electron chi connectivity index (χ3n) is 3.50. The minimum absolute atomic E-state index is 0.558. The summed E-state index contributed by atoms with van der Waals surface area (Å²) in [5.41, 5.74) is 5.74. The molecule has 28 heavy (non-hydrogen) atoms. The van der Waals surface area contributed by atoms with E-state index in [4.69, 9.17) is 21.8 Å². The number of nitrogens with zero attached hydrogens (tertiary/aromatic N) is 2. The molecule has 0 aliphatic carbocycles. The van der Waals surface area contributed by atoms with Crippen LogP contribution in [0.3, 0.4) is 0 Å². The van der Waals surface area contributed by atoms with E-state index < -0.39 is 11.9 Å². The van der Waals surface area contributed by atoms with Gasteiger partial charge in [-0.1, -0.05) is 17.7 Å². The van der Waals surface area contributed by atoms with Crippen molar-refractivity contribution in [3.63, 3.8) is 0 Å². The Balaban J connectivity index is 0.000000300. The molecule has 0 saturated heterocycles. The van der Waals surface area contributed by atoms with E-state index in [0.29, 0.717) is 29.4 Å². The Morgan fingerprint density at radius 2 is 1.86 bits per heavy atom. The van der Waals surface area contributed by atoms with Crippen LogP contribution in [0.2, 0.25) is 5.02 Å². The number of aliphatic carboxylic acids is 2. The number of aromatic nitrogens is 2. The number of carbonyl (C=O) groups is 3. The van der Waals surface area contributed by atoms with Crippen LogP contribution in [-0.4, -0.2) is 38.1 Å². The second-order valence-electron chi connectivity index (χ2n) is 5.40. The van der Waals surface area contributed by atoms with Gasteiger partial charge in [-0.05, 0) is 35.9 Å². The zero-order chi connectivity index (χ0) is 20.5. The largest absolute Gasteiger partial charge is 0.478 e. The number of fused-ring (bicyclic) bond motifs is 1. The van der Waals surface area contributed by atoms with Crippen LogP contribution in [0.5, 0.6) is 0 Å². The lowest BCUT2D eigenvalue weighted by Gasteiger charge is -2.11. The van der Waals surface area contributed by atoms with Gasteiger partial charge in [0.1, 0.15) is 5.69 Å². The molecule has 0 aliphatic rings. The lowest BCUT2D eigenvalue weighted by Crippen LogP contribution is -2.15. The maximum Gasteiger partial charge on any atom is 0.328 e. The van der Waals surface area contributed by atoms with Crippen LogP contribution < -0.4 is 5.43 Å². The molecule has 3 aromatic rings. The van der Waals surface area contributed by atoms with Crippen LogP contribution in [0, 0.1) is 0 Å². The predicted molar refractivity (Wildman–Crippen MR) is 104 cm³/mol. The van der Waals surface area contributed by atoms with Gasteiger partial charge in [-0.3, -0.25) is 14.5 Å². The Morgan fingerprint density at radius 1 is 1.14 bits per heavy atom. The van der Waals surface area contributed by atoms with Gasteiger partial charge in [-0.25, -0.2) is 9.59 Å². The second kappa shape index (κ2) is 9.89. The first-order valence-corrected chi connectivity index (χ1v) is 8.32. The molecule has 0 amide bonds. The van der Waals surface area contributed by atoms with Gasteiger partial charge >= 0.3 is 11.9 Å². The highest BCUT2D eigenvalue weighted by Crippen LogP contribution is 2.20. The van der Waals surface area contributed by atoms with Crippen LogP contribution in [0.15, 0.2) is 60.9 Å². The first-order valence-electron chi connectivity index (χ1n) is 7.94. The summed E-state index contributed by atoms with van der Waals surface area (Å²) in [5, 5.41) is 17.3.